The summed E-state index contributed by atoms with van der Waals surface area (Å²) in [5, 5.41) is 0. The third-order valence-corrected chi connectivity index (χ3v) is 5.12. The van der Waals surface area contributed by atoms with Crippen molar-refractivity contribution in [2.45, 2.75) is 25.2 Å². The fraction of sp³-hybridized carbons (Fsp3) is 0.385. The molecule has 1 aromatic rings. The van der Waals surface area contributed by atoms with Gasteiger partial charge in [-0.15, -0.1) is 0 Å². The Morgan fingerprint density at radius 2 is 2.00 bits per heavy atom. The minimum atomic E-state index is -3.83. The molecule has 0 aliphatic carbocycles. The maximum atomic E-state index is 14.0. The van der Waals surface area contributed by atoms with Gasteiger partial charge in [-0.05, 0) is 38.0 Å². The normalized spacial score (nSPS) is 17.3. The summed E-state index contributed by atoms with van der Waals surface area (Å²) in [7, 11) is -3.83. The maximum absolute atomic E-state index is 14.0. The topological polar surface area (TPSA) is 63.4 Å². The number of hydrogen-bond acceptors (Lipinski definition) is 3. The van der Waals surface area contributed by atoms with Gasteiger partial charge < -0.3 is 5.73 Å². The van der Waals surface area contributed by atoms with Crippen LogP contribution >= 0.6 is 0 Å². The molecule has 0 aromatic heterocycles. The van der Waals surface area contributed by atoms with E-state index in [1.165, 1.54) is 23.4 Å². The van der Waals surface area contributed by atoms with Crippen LogP contribution in [0.1, 0.15) is 18.9 Å². The number of aryl methyl sites for hydroxylation is 1. The van der Waals surface area contributed by atoms with Crippen LogP contribution in [0, 0.1) is 12.7 Å². The first-order chi connectivity index (χ1) is 8.82. The molecule has 2 N–H and O–H groups in total. The Morgan fingerprint density at radius 1 is 1.32 bits per heavy atom. The summed E-state index contributed by atoms with van der Waals surface area (Å²) < 4.78 is 40.1. The molecule has 4 nitrogen and oxygen atoms in total. The van der Waals surface area contributed by atoms with Crippen LogP contribution in [0.5, 0.6) is 0 Å². The van der Waals surface area contributed by atoms with Gasteiger partial charge in [0.05, 0.1) is 0 Å². The molecule has 0 unspecified atom stereocenters. The highest BCUT2D eigenvalue weighted by atomic mass is 32.2. The molecule has 0 bridgehead atoms. The van der Waals surface area contributed by atoms with E-state index in [4.69, 9.17) is 5.73 Å². The van der Waals surface area contributed by atoms with Crippen molar-refractivity contribution in [3.63, 3.8) is 0 Å². The maximum Gasteiger partial charge on any atom is 0.246 e. The number of benzene rings is 1. The van der Waals surface area contributed by atoms with Crippen LogP contribution < -0.4 is 5.73 Å². The number of rotatable bonds is 2. The smallest absolute Gasteiger partial charge is 0.246 e. The number of nitrogens with two attached hydrogens (primary N) is 1. The molecule has 1 aromatic carbocycles. The van der Waals surface area contributed by atoms with Crippen molar-refractivity contribution in [1.29, 1.82) is 0 Å². The van der Waals surface area contributed by atoms with Gasteiger partial charge >= 0.3 is 0 Å². The monoisotopic (exact) mass is 284 g/mol. The van der Waals surface area contributed by atoms with Gasteiger partial charge in [0.25, 0.3) is 0 Å². The second kappa shape index (κ2) is 4.94. The summed E-state index contributed by atoms with van der Waals surface area (Å²) in [6.07, 6.45) is 2.51. The number of sulfonamides is 1. The molecular formula is C13H17FN2O2S. The zero-order chi connectivity index (χ0) is 14.2. The van der Waals surface area contributed by atoms with Crippen molar-refractivity contribution in [2.75, 3.05) is 18.8 Å². The molecule has 19 heavy (non-hydrogen) atoms. The van der Waals surface area contributed by atoms with Crippen molar-refractivity contribution < 1.29 is 12.8 Å². The van der Waals surface area contributed by atoms with Crippen molar-refractivity contribution in [2.24, 2.45) is 0 Å². The molecule has 2 rings (SSSR count). The van der Waals surface area contributed by atoms with E-state index in [0.29, 0.717) is 13.0 Å². The van der Waals surface area contributed by atoms with E-state index in [1.54, 1.807) is 0 Å². The number of halogens is 1. The average Bonchev–Trinajstić information content (AvgIpc) is 2.34. The van der Waals surface area contributed by atoms with Gasteiger partial charge in [0.2, 0.25) is 10.0 Å². The van der Waals surface area contributed by atoms with Crippen LogP contribution in [0.4, 0.5) is 10.1 Å². The standard InChI is InChI=1S/C13H17FN2O2S/c1-9-3-5-16(6-4-9)19(17,18)12-8-11(15)7-10(2)13(12)14/h3,7-8H,4-6,15H2,1-2H3. The molecule has 0 fully saturated rings. The average molecular weight is 284 g/mol. The third-order valence-electron chi connectivity index (χ3n) is 3.26. The van der Waals surface area contributed by atoms with Gasteiger partial charge in [-0.2, -0.15) is 4.31 Å². The molecule has 6 heteroatoms. The lowest BCUT2D eigenvalue weighted by Gasteiger charge is -2.25. The predicted octanol–water partition coefficient (Wildman–Crippen LogP) is 2.06. The molecule has 0 saturated heterocycles. The molecule has 1 aliphatic heterocycles. The van der Waals surface area contributed by atoms with Gasteiger partial charge in [0, 0.05) is 18.8 Å². The zero-order valence-corrected chi connectivity index (χ0v) is 11.8. The highest BCUT2D eigenvalue weighted by Gasteiger charge is 2.29. The number of nitrogens with zero attached hydrogens (tertiary/aromatic N) is 1. The van der Waals surface area contributed by atoms with Crippen LogP contribution in [0.2, 0.25) is 0 Å². The van der Waals surface area contributed by atoms with E-state index in [9.17, 15) is 12.8 Å². The molecule has 104 valence electrons. The minimum absolute atomic E-state index is 0.238. The van der Waals surface area contributed by atoms with Gasteiger partial charge in [0.1, 0.15) is 10.7 Å². The van der Waals surface area contributed by atoms with Crippen LogP contribution in [0.15, 0.2) is 28.7 Å². The van der Waals surface area contributed by atoms with Gasteiger partial charge in [0.15, 0.2) is 0 Å². The van der Waals surface area contributed by atoms with E-state index in [2.05, 4.69) is 0 Å². The SMILES string of the molecule is CC1=CCN(S(=O)(=O)c2cc(N)cc(C)c2F)CC1. The second-order valence-electron chi connectivity index (χ2n) is 4.81. The van der Waals surface area contributed by atoms with Gasteiger partial charge in [-0.25, -0.2) is 12.8 Å². The Bertz CT molecular complexity index is 638. The summed E-state index contributed by atoms with van der Waals surface area (Å²) in [5.74, 6) is -0.722. The van der Waals surface area contributed by atoms with Crippen molar-refractivity contribution >= 4 is 15.7 Å². The van der Waals surface area contributed by atoms with Gasteiger partial charge in [-0.3, -0.25) is 0 Å². The van der Waals surface area contributed by atoms with Crippen molar-refractivity contribution in [3.05, 3.63) is 35.2 Å². The minimum Gasteiger partial charge on any atom is -0.399 e. The molecule has 0 radical (unpaired) electrons. The molecule has 0 atom stereocenters. The Hall–Kier alpha value is -1.40. The van der Waals surface area contributed by atoms with E-state index >= 15 is 0 Å². The van der Waals surface area contributed by atoms with Crippen LogP contribution in [0.3, 0.4) is 0 Å². The number of nitrogen functional groups attached to an aromatic ring is 1. The fourth-order valence-electron chi connectivity index (χ4n) is 2.06. The van der Waals surface area contributed by atoms with Crippen LogP contribution in [0.25, 0.3) is 0 Å². The molecule has 0 amide bonds. The Labute approximate surface area is 112 Å². The predicted molar refractivity (Wildman–Crippen MR) is 72.7 cm³/mol. The highest BCUT2D eigenvalue weighted by molar-refractivity contribution is 7.89. The summed E-state index contributed by atoms with van der Waals surface area (Å²) in [5.41, 5.74) is 7.25. The Kier molecular flexibility index (Phi) is 3.64. The molecule has 1 aliphatic rings. The first-order valence-electron chi connectivity index (χ1n) is 6.04. The van der Waals surface area contributed by atoms with Crippen molar-refractivity contribution in [3.8, 4) is 0 Å². The second-order valence-corrected chi connectivity index (χ2v) is 6.72. The van der Waals surface area contributed by atoms with E-state index in [-0.39, 0.29) is 22.7 Å². The molecule has 0 spiro atoms. The largest absolute Gasteiger partial charge is 0.399 e. The summed E-state index contributed by atoms with van der Waals surface area (Å²) in [6.45, 7) is 4.11. The van der Waals surface area contributed by atoms with Crippen molar-refractivity contribution in [1.82, 2.24) is 4.31 Å². The van der Waals surface area contributed by atoms with Crippen LogP contribution in [-0.2, 0) is 10.0 Å². The third kappa shape index (κ3) is 2.64. The van der Waals surface area contributed by atoms with E-state index in [0.717, 1.165) is 5.57 Å². The van der Waals surface area contributed by atoms with E-state index < -0.39 is 15.8 Å². The zero-order valence-electron chi connectivity index (χ0n) is 11.0. The highest BCUT2D eigenvalue weighted by Crippen LogP contribution is 2.26. The quantitative estimate of drug-likeness (QED) is 0.668. The number of hydrogen-bond donors (Lipinski definition) is 1. The van der Waals surface area contributed by atoms with Gasteiger partial charge in [-0.1, -0.05) is 11.6 Å². The fourth-order valence-corrected chi connectivity index (χ4v) is 3.61. The first kappa shape index (κ1) is 14.0. The first-order valence-corrected chi connectivity index (χ1v) is 7.48. The lowest BCUT2D eigenvalue weighted by atomic mass is 10.1. The Morgan fingerprint density at radius 3 is 2.58 bits per heavy atom. The van der Waals surface area contributed by atoms with Crippen LogP contribution in [-0.4, -0.2) is 25.8 Å². The number of anilines is 1. The lowest BCUT2D eigenvalue weighted by Crippen LogP contribution is -2.35. The molecular weight excluding hydrogens is 267 g/mol. The summed E-state index contributed by atoms with van der Waals surface area (Å²) >= 11 is 0. The summed E-state index contributed by atoms with van der Waals surface area (Å²) in [4.78, 5) is -0.335. The lowest BCUT2D eigenvalue weighted by molar-refractivity contribution is 0.426. The summed E-state index contributed by atoms with van der Waals surface area (Å²) in [6, 6.07) is 2.61. The molecule has 1 heterocycles. The molecule has 0 saturated carbocycles. The van der Waals surface area contributed by atoms with E-state index in [1.807, 2.05) is 13.0 Å². The Balaban J connectivity index is 2.46.